The summed E-state index contributed by atoms with van der Waals surface area (Å²) in [6.07, 6.45) is 1.57. The van der Waals surface area contributed by atoms with Crippen molar-refractivity contribution in [2.24, 2.45) is 5.73 Å². The standard InChI is InChI=1S/C17H19NO2/c18-12-14-5-9-16(10-6-14)17(20)15-7-3-13(4-8-15)2-1-11-19/h3-10,19H,1-2,11-12,18H2. The summed E-state index contributed by atoms with van der Waals surface area (Å²) in [6, 6.07) is 14.9. The summed E-state index contributed by atoms with van der Waals surface area (Å²) in [7, 11) is 0. The summed E-state index contributed by atoms with van der Waals surface area (Å²) in [5.74, 6) is 0.0160. The van der Waals surface area contributed by atoms with Crippen LogP contribution in [0.15, 0.2) is 48.5 Å². The second kappa shape index (κ2) is 6.98. The minimum Gasteiger partial charge on any atom is -0.396 e. The van der Waals surface area contributed by atoms with Crippen LogP contribution in [0.4, 0.5) is 0 Å². The number of carbonyl (C=O) groups is 1. The first kappa shape index (κ1) is 14.4. The molecule has 0 radical (unpaired) electrons. The molecule has 0 saturated heterocycles. The van der Waals surface area contributed by atoms with Crippen molar-refractivity contribution < 1.29 is 9.90 Å². The van der Waals surface area contributed by atoms with Gasteiger partial charge in [-0.25, -0.2) is 0 Å². The fourth-order valence-electron chi connectivity index (χ4n) is 2.06. The highest BCUT2D eigenvalue weighted by atomic mass is 16.2. The summed E-state index contributed by atoms with van der Waals surface area (Å²) in [6.45, 7) is 0.669. The number of hydrogen-bond acceptors (Lipinski definition) is 3. The van der Waals surface area contributed by atoms with E-state index in [9.17, 15) is 4.79 Å². The molecule has 3 nitrogen and oxygen atoms in total. The second-order valence-electron chi connectivity index (χ2n) is 4.75. The first-order valence-corrected chi connectivity index (χ1v) is 6.78. The monoisotopic (exact) mass is 269 g/mol. The highest BCUT2D eigenvalue weighted by Gasteiger charge is 2.08. The zero-order chi connectivity index (χ0) is 14.4. The van der Waals surface area contributed by atoms with Crippen molar-refractivity contribution in [3.05, 3.63) is 70.8 Å². The highest BCUT2D eigenvalue weighted by Crippen LogP contribution is 2.13. The van der Waals surface area contributed by atoms with E-state index in [0.29, 0.717) is 17.7 Å². The van der Waals surface area contributed by atoms with E-state index in [2.05, 4.69) is 0 Å². The first-order valence-electron chi connectivity index (χ1n) is 6.78. The molecule has 2 rings (SSSR count). The smallest absolute Gasteiger partial charge is 0.193 e. The van der Waals surface area contributed by atoms with Crippen LogP contribution in [0, 0.1) is 0 Å². The van der Waals surface area contributed by atoms with E-state index in [0.717, 1.165) is 24.0 Å². The molecule has 0 atom stereocenters. The van der Waals surface area contributed by atoms with Gasteiger partial charge in [-0.05, 0) is 24.0 Å². The average molecular weight is 269 g/mol. The SMILES string of the molecule is NCc1ccc(C(=O)c2ccc(CCCO)cc2)cc1. The number of carbonyl (C=O) groups excluding carboxylic acids is 1. The molecule has 3 heteroatoms. The van der Waals surface area contributed by atoms with Crippen LogP contribution in [-0.2, 0) is 13.0 Å². The van der Waals surface area contributed by atoms with Crippen LogP contribution in [0.3, 0.4) is 0 Å². The minimum absolute atomic E-state index is 0.0160. The normalized spacial score (nSPS) is 10.5. The largest absolute Gasteiger partial charge is 0.396 e. The Morgan fingerprint density at radius 3 is 1.85 bits per heavy atom. The van der Waals surface area contributed by atoms with Crippen LogP contribution in [0.25, 0.3) is 0 Å². The molecule has 104 valence electrons. The van der Waals surface area contributed by atoms with Gasteiger partial charge in [0.25, 0.3) is 0 Å². The highest BCUT2D eigenvalue weighted by molar-refractivity contribution is 6.08. The van der Waals surface area contributed by atoms with E-state index in [1.165, 1.54) is 0 Å². The summed E-state index contributed by atoms with van der Waals surface area (Å²) in [5.41, 5.74) is 9.04. The van der Waals surface area contributed by atoms with E-state index in [-0.39, 0.29) is 12.4 Å². The molecule has 0 fully saturated rings. The lowest BCUT2D eigenvalue weighted by Crippen LogP contribution is -2.03. The van der Waals surface area contributed by atoms with Crippen LogP contribution in [0.2, 0.25) is 0 Å². The molecule has 0 aliphatic carbocycles. The summed E-state index contributed by atoms with van der Waals surface area (Å²) in [5, 5.41) is 8.80. The van der Waals surface area contributed by atoms with Crippen molar-refractivity contribution in [3.8, 4) is 0 Å². The number of rotatable bonds is 6. The molecule has 3 N–H and O–H groups in total. The van der Waals surface area contributed by atoms with Crippen molar-refractivity contribution in [1.29, 1.82) is 0 Å². The molecule has 0 aromatic heterocycles. The molecule has 0 heterocycles. The van der Waals surface area contributed by atoms with Crippen LogP contribution in [0.1, 0.15) is 33.5 Å². The van der Waals surface area contributed by atoms with Gasteiger partial charge in [-0.3, -0.25) is 4.79 Å². The molecule has 0 saturated carbocycles. The van der Waals surface area contributed by atoms with Gasteiger partial charge in [-0.2, -0.15) is 0 Å². The third-order valence-electron chi connectivity index (χ3n) is 3.29. The summed E-state index contributed by atoms with van der Waals surface area (Å²) in [4.78, 5) is 12.3. The van der Waals surface area contributed by atoms with E-state index in [1.807, 2.05) is 48.5 Å². The van der Waals surface area contributed by atoms with Crippen molar-refractivity contribution in [3.63, 3.8) is 0 Å². The Morgan fingerprint density at radius 1 is 0.900 bits per heavy atom. The molecule has 20 heavy (non-hydrogen) atoms. The van der Waals surface area contributed by atoms with E-state index < -0.39 is 0 Å². The number of aryl methyl sites for hydroxylation is 1. The zero-order valence-electron chi connectivity index (χ0n) is 11.4. The van der Waals surface area contributed by atoms with E-state index in [1.54, 1.807) is 0 Å². The van der Waals surface area contributed by atoms with Crippen molar-refractivity contribution in [2.45, 2.75) is 19.4 Å². The van der Waals surface area contributed by atoms with Crippen molar-refractivity contribution >= 4 is 5.78 Å². The third kappa shape index (κ3) is 3.53. The van der Waals surface area contributed by atoms with Gasteiger partial charge in [0.2, 0.25) is 0 Å². The number of aliphatic hydroxyl groups excluding tert-OH is 1. The van der Waals surface area contributed by atoms with Crippen molar-refractivity contribution in [1.82, 2.24) is 0 Å². The molecule has 2 aromatic rings. The quantitative estimate of drug-likeness (QED) is 0.791. The van der Waals surface area contributed by atoms with Crippen LogP contribution in [-0.4, -0.2) is 17.5 Å². The third-order valence-corrected chi connectivity index (χ3v) is 3.29. The Bertz CT molecular complexity index is 559. The van der Waals surface area contributed by atoms with Crippen LogP contribution in [0.5, 0.6) is 0 Å². The lowest BCUT2D eigenvalue weighted by Gasteiger charge is -2.04. The van der Waals surface area contributed by atoms with Crippen LogP contribution < -0.4 is 5.73 Å². The van der Waals surface area contributed by atoms with Gasteiger partial charge in [0.1, 0.15) is 0 Å². The molecule has 0 unspecified atom stereocenters. The van der Waals surface area contributed by atoms with E-state index >= 15 is 0 Å². The molecule has 0 amide bonds. The predicted octanol–water partition coefficient (Wildman–Crippen LogP) is 2.30. The van der Waals surface area contributed by atoms with Crippen LogP contribution >= 0.6 is 0 Å². The Labute approximate surface area is 119 Å². The Morgan fingerprint density at radius 2 is 1.40 bits per heavy atom. The predicted molar refractivity (Wildman–Crippen MR) is 79.6 cm³/mol. The average Bonchev–Trinajstić information content (AvgIpc) is 2.53. The summed E-state index contributed by atoms with van der Waals surface area (Å²) >= 11 is 0. The molecule has 0 bridgehead atoms. The number of hydrogen-bond donors (Lipinski definition) is 2. The topological polar surface area (TPSA) is 63.3 Å². The number of nitrogens with two attached hydrogens (primary N) is 1. The molecule has 0 aliphatic heterocycles. The first-order chi connectivity index (χ1) is 9.74. The maximum Gasteiger partial charge on any atom is 0.193 e. The van der Waals surface area contributed by atoms with Crippen molar-refractivity contribution in [2.75, 3.05) is 6.61 Å². The lowest BCUT2D eigenvalue weighted by atomic mass is 10.00. The fourth-order valence-corrected chi connectivity index (χ4v) is 2.06. The van der Waals surface area contributed by atoms with E-state index in [4.69, 9.17) is 10.8 Å². The van der Waals surface area contributed by atoms with Gasteiger partial charge in [-0.1, -0.05) is 48.5 Å². The Hall–Kier alpha value is -1.97. The summed E-state index contributed by atoms with van der Waals surface area (Å²) < 4.78 is 0. The zero-order valence-corrected chi connectivity index (χ0v) is 11.4. The second-order valence-corrected chi connectivity index (χ2v) is 4.75. The number of benzene rings is 2. The maximum atomic E-state index is 12.3. The molecular weight excluding hydrogens is 250 g/mol. The molecule has 0 spiro atoms. The van der Waals surface area contributed by atoms with Gasteiger partial charge >= 0.3 is 0 Å². The van der Waals surface area contributed by atoms with Gasteiger partial charge < -0.3 is 10.8 Å². The maximum absolute atomic E-state index is 12.3. The number of ketones is 1. The minimum atomic E-state index is 0.0160. The van der Waals surface area contributed by atoms with Gasteiger partial charge in [0.15, 0.2) is 5.78 Å². The lowest BCUT2D eigenvalue weighted by molar-refractivity contribution is 0.103. The van der Waals surface area contributed by atoms with Gasteiger partial charge in [0, 0.05) is 24.3 Å². The fraction of sp³-hybridized carbons (Fsp3) is 0.235. The Balaban J connectivity index is 2.11. The molecule has 0 aliphatic rings. The Kier molecular flexibility index (Phi) is 5.04. The van der Waals surface area contributed by atoms with Gasteiger partial charge in [0.05, 0.1) is 0 Å². The molecular formula is C17H19NO2. The number of aliphatic hydroxyl groups is 1. The van der Waals surface area contributed by atoms with Gasteiger partial charge in [-0.15, -0.1) is 0 Å². The molecule has 2 aromatic carbocycles.